The van der Waals surface area contributed by atoms with Crippen LogP contribution >= 0.6 is 11.3 Å². The highest BCUT2D eigenvalue weighted by Gasteiger charge is 2.39. The SMILES string of the molecule is CN1C2CCC1CC(n1ncc3cc(-c4cccs4)ccc31)C2. The van der Waals surface area contributed by atoms with Crippen LogP contribution in [0.3, 0.4) is 0 Å². The van der Waals surface area contributed by atoms with E-state index in [-0.39, 0.29) is 0 Å². The summed E-state index contributed by atoms with van der Waals surface area (Å²) in [4.78, 5) is 3.92. The average molecular weight is 323 g/mol. The van der Waals surface area contributed by atoms with Crippen LogP contribution in [0.2, 0.25) is 0 Å². The Kier molecular flexibility index (Phi) is 3.10. The number of aromatic nitrogens is 2. The molecule has 3 aromatic rings. The van der Waals surface area contributed by atoms with Gasteiger partial charge in [-0.05, 0) is 61.9 Å². The molecule has 2 unspecified atom stereocenters. The van der Waals surface area contributed by atoms with Gasteiger partial charge in [0, 0.05) is 22.3 Å². The van der Waals surface area contributed by atoms with Crippen LogP contribution in [0.15, 0.2) is 41.9 Å². The largest absolute Gasteiger partial charge is 0.300 e. The van der Waals surface area contributed by atoms with E-state index >= 15 is 0 Å². The third kappa shape index (κ3) is 2.16. The smallest absolute Gasteiger partial charge is 0.0686 e. The molecule has 2 fully saturated rings. The van der Waals surface area contributed by atoms with Crippen LogP contribution in [0, 0.1) is 0 Å². The third-order valence-corrected chi connectivity index (χ3v) is 6.74. The van der Waals surface area contributed by atoms with E-state index in [2.05, 4.69) is 52.3 Å². The second-order valence-electron chi connectivity index (χ2n) is 7.02. The van der Waals surface area contributed by atoms with Gasteiger partial charge in [0.05, 0.1) is 17.8 Å². The molecule has 2 aliphatic heterocycles. The van der Waals surface area contributed by atoms with E-state index in [0.29, 0.717) is 6.04 Å². The van der Waals surface area contributed by atoms with Crippen LogP contribution in [-0.2, 0) is 0 Å². The number of hydrogen-bond acceptors (Lipinski definition) is 3. The summed E-state index contributed by atoms with van der Waals surface area (Å²) in [5, 5.41) is 8.17. The number of fused-ring (bicyclic) bond motifs is 3. The molecule has 23 heavy (non-hydrogen) atoms. The first kappa shape index (κ1) is 13.8. The Balaban J connectivity index is 1.51. The number of thiophene rings is 1. The molecule has 3 nitrogen and oxygen atoms in total. The minimum Gasteiger partial charge on any atom is -0.300 e. The average Bonchev–Trinajstić information content (AvgIpc) is 3.26. The Morgan fingerprint density at radius 1 is 1.09 bits per heavy atom. The molecule has 2 saturated heterocycles. The summed E-state index contributed by atoms with van der Waals surface area (Å²) in [6, 6.07) is 13.2. The summed E-state index contributed by atoms with van der Waals surface area (Å²) in [5.74, 6) is 0. The van der Waals surface area contributed by atoms with Crippen molar-refractivity contribution in [3.8, 4) is 10.4 Å². The van der Waals surface area contributed by atoms with Gasteiger partial charge in [-0.15, -0.1) is 11.3 Å². The number of nitrogens with zero attached hydrogens (tertiary/aromatic N) is 3. The molecule has 0 aliphatic carbocycles. The van der Waals surface area contributed by atoms with E-state index in [1.54, 1.807) is 11.3 Å². The van der Waals surface area contributed by atoms with Gasteiger partial charge in [-0.3, -0.25) is 4.68 Å². The second-order valence-corrected chi connectivity index (χ2v) is 7.96. The van der Waals surface area contributed by atoms with Crippen molar-refractivity contribution in [3.63, 3.8) is 0 Å². The molecule has 0 radical (unpaired) electrons. The van der Waals surface area contributed by atoms with E-state index < -0.39 is 0 Å². The zero-order chi connectivity index (χ0) is 15.4. The van der Waals surface area contributed by atoms with Gasteiger partial charge < -0.3 is 4.90 Å². The summed E-state index contributed by atoms with van der Waals surface area (Å²) in [5.41, 5.74) is 2.59. The quantitative estimate of drug-likeness (QED) is 0.689. The lowest BCUT2D eigenvalue weighted by Crippen LogP contribution is -2.40. The number of rotatable bonds is 2. The molecule has 118 valence electrons. The topological polar surface area (TPSA) is 21.1 Å². The fraction of sp³-hybridized carbons (Fsp3) is 0.421. The molecule has 4 heterocycles. The van der Waals surface area contributed by atoms with Crippen molar-refractivity contribution in [2.75, 3.05) is 7.05 Å². The highest BCUT2D eigenvalue weighted by Crippen LogP contribution is 2.40. The number of benzene rings is 1. The minimum absolute atomic E-state index is 0.564. The molecule has 2 bridgehead atoms. The standard InChI is InChI=1S/C19H21N3S/c1-21-15-5-6-16(21)11-17(10-15)22-18-7-4-13(9-14(18)12-20-22)19-3-2-8-23-19/h2-4,7-9,12,15-17H,5-6,10-11H2,1H3. The van der Waals surface area contributed by atoms with Crippen molar-refractivity contribution in [3.05, 3.63) is 41.9 Å². The van der Waals surface area contributed by atoms with Gasteiger partial charge in [0.25, 0.3) is 0 Å². The van der Waals surface area contributed by atoms with Crippen molar-refractivity contribution in [2.45, 2.75) is 43.8 Å². The molecule has 2 atom stereocenters. The zero-order valence-electron chi connectivity index (χ0n) is 13.4. The van der Waals surface area contributed by atoms with E-state index in [0.717, 1.165) is 12.1 Å². The molecule has 0 N–H and O–H groups in total. The molecule has 4 heteroatoms. The molecule has 0 spiro atoms. The molecule has 2 aromatic heterocycles. The summed E-state index contributed by atoms with van der Waals surface area (Å²) < 4.78 is 2.30. The molecular formula is C19H21N3S. The molecule has 0 amide bonds. The summed E-state index contributed by atoms with van der Waals surface area (Å²) in [6.07, 6.45) is 7.26. The van der Waals surface area contributed by atoms with E-state index in [9.17, 15) is 0 Å². The maximum atomic E-state index is 4.76. The molecule has 5 rings (SSSR count). The van der Waals surface area contributed by atoms with Gasteiger partial charge in [-0.1, -0.05) is 12.1 Å². The lowest BCUT2D eigenvalue weighted by atomic mass is 9.98. The van der Waals surface area contributed by atoms with Gasteiger partial charge in [0.1, 0.15) is 0 Å². The normalized spacial score (nSPS) is 27.8. The van der Waals surface area contributed by atoms with E-state index in [1.165, 1.54) is 47.0 Å². The van der Waals surface area contributed by atoms with Crippen LogP contribution in [0.25, 0.3) is 21.3 Å². The van der Waals surface area contributed by atoms with Crippen LogP contribution < -0.4 is 0 Å². The van der Waals surface area contributed by atoms with E-state index in [4.69, 9.17) is 5.10 Å². The Morgan fingerprint density at radius 3 is 2.65 bits per heavy atom. The highest BCUT2D eigenvalue weighted by atomic mass is 32.1. The Labute approximate surface area is 140 Å². The lowest BCUT2D eigenvalue weighted by molar-refractivity contribution is 0.133. The summed E-state index contributed by atoms with van der Waals surface area (Å²) >= 11 is 1.80. The Morgan fingerprint density at radius 2 is 1.91 bits per heavy atom. The van der Waals surface area contributed by atoms with Crippen molar-refractivity contribution in [1.29, 1.82) is 0 Å². The number of piperidine rings is 1. The second kappa shape index (κ2) is 5.18. The summed E-state index contributed by atoms with van der Waals surface area (Å²) in [6.45, 7) is 0. The fourth-order valence-corrected chi connectivity index (χ4v) is 5.25. The molecule has 2 aliphatic rings. The zero-order valence-corrected chi connectivity index (χ0v) is 14.2. The summed E-state index contributed by atoms with van der Waals surface area (Å²) in [7, 11) is 2.30. The fourth-order valence-electron chi connectivity index (χ4n) is 4.52. The van der Waals surface area contributed by atoms with Crippen molar-refractivity contribution >= 4 is 22.2 Å². The first-order valence-corrected chi connectivity index (χ1v) is 9.40. The van der Waals surface area contributed by atoms with Gasteiger partial charge in [-0.2, -0.15) is 5.10 Å². The maximum Gasteiger partial charge on any atom is 0.0686 e. The third-order valence-electron chi connectivity index (χ3n) is 5.82. The van der Waals surface area contributed by atoms with Crippen LogP contribution in [-0.4, -0.2) is 33.8 Å². The Bertz CT molecular complexity index is 822. The van der Waals surface area contributed by atoms with Gasteiger partial charge >= 0.3 is 0 Å². The van der Waals surface area contributed by atoms with Crippen LogP contribution in [0.1, 0.15) is 31.7 Å². The molecule has 1 aromatic carbocycles. The van der Waals surface area contributed by atoms with E-state index in [1.807, 2.05) is 6.20 Å². The predicted octanol–water partition coefficient (Wildman–Crippen LogP) is 4.56. The lowest BCUT2D eigenvalue weighted by Gasteiger charge is -2.36. The maximum absolute atomic E-state index is 4.76. The van der Waals surface area contributed by atoms with Gasteiger partial charge in [0.2, 0.25) is 0 Å². The van der Waals surface area contributed by atoms with Crippen LogP contribution in [0.5, 0.6) is 0 Å². The highest BCUT2D eigenvalue weighted by molar-refractivity contribution is 7.13. The minimum atomic E-state index is 0.564. The molecule has 0 saturated carbocycles. The van der Waals surface area contributed by atoms with Crippen molar-refractivity contribution in [1.82, 2.24) is 14.7 Å². The predicted molar refractivity (Wildman–Crippen MR) is 95.9 cm³/mol. The van der Waals surface area contributed by atoms with Crippen molar-refractivity contribution < 1.29 is 0 Å². The Hall–Kier alpha value is -1.65. The monoisotopic (exact) mass is 323 g/mol. The van der Waals surface area contributed by atoms with Gasteiger partial charge in [0.15, 0.2) is 0 Å². The first-order valence-electron chi connectivity index (χ1n) is 8.52. The van der Waals surface area contributed by atoms with Crippen molar-refractivity contribution in [2.24, 2.45) is 0 Å². The first-order chi connectivity index (χ1) is 11.3. The number of hydrogen-bond donors (Lipinski definition) is 0. The van der Waals surface area contributed by atoms with Crippen LogP contribution in [0.4, 0.5) is 0 Å². The molecular weight excluding hydrogens is 302 g/mol. The van der Waals surface area contributed by atoms with Gasteiger partial charge in [-0.25, -0.2) is 0 Å².